The molecule has 0 radical (unpaired) electrons. The Balaban J connectivity index is 0.00000304. The van der Waals surface area contributed by atoms with Gasteiger partial charge in [-0.3, -0.25) is 14.5 Å². The minimum absolute atomic E-state index is 0. The fourth-order valence-corrected chi connectivity index (χ4v) is 6.02. The Morgan fingerprint density at radius 3 is 2.58 bits per heavy atom. The van der Waals surface area contributed by atoms with Crippen molar-refractivity contribution in [2.75, 3.05) is 43.1 Å². The number of aromatic nitrogens is 2. The first-order chi connectivity index (χ1) is 17.1. The lowest BCUT2D eigenvalue weighted by atomic mass is 9.95. The van der Waals surface area contributed by atoms with Gasteiger partial charge in [0.05, 0.1) is 5.92 Å². The molecular weight excluding hydrogens is 474 g/mol. The van der Waals surface area contributed by atoms with Crippen LogP contribution in [-0.2, 0) is 27.3 Å². The monoisotopic (exact) mass is 513 g/mol. The number of amides is 2. The third-order valence-corrected chi connectivity index (χ3v) is 8.30. The van der Waals surface area contributed by atoms with Gasteiger partial charge in [0, 0.05) is 44.8 Å². The van der Waals surface area contributed by atoms with Crippen LogP contribution in [0.3, 0.4) is 0 Å². The number of nitrogens with one attached hydrogen (secondary N) is 1. The van der Waals surface area contributed by atoms with E-state index in [1.54, 1.807) is 4.90 Å². The predicted molar refractivity (Wildman–Crippen MR) is 143 cm³/mol. The van der Waals surface area contributed by atoms with E-state index in [2.05, 4.69) is 32.5 Å². The van der Waals surface area contributed by atoms with Crippen LogP contribution in [0.5, 0.6) is 0 Å². The lowest BCUT2D eigenvalue weighted by Crippen LogP contribution is -2.29. The smallest absolute Gasteiger partial charge is 0.231 e. The summed E-state index contributed by atoms with van der Waals surface area (Å²) in [5.41, 5.74) is 2.12. The molecular formula is C27H39N5O3S. The van der Waals surface area contributed by atoms with Crippen LogP contribution in [0.1, 0.15) is 62.9 Å². The summed E-state index contributed by atoms with van der Waals surface area (Å²) < 4.78 is 5.42. The maximum absolute atomic E-state index is 12.9. The summed E-state index contributed by atoms with van der Waals surface area (Å²) in [6.45, 7) is 5.37. The second kappa shape index (κ2) is 12.7. The number of hydrogen-bond acceptors (Lipinski definition) is 7. The van der Waals surface area contributed by atoms with E-state index in [9.17, 15) is 9.59 Å². The minimum Gasteiger partial charge on any atom is -0.381 e. The average Bonchev–Trinajstić information content (AvgIpc) is 3.51. The number of nitrogens with zero attached hydrogens (tertiary/aromatic N) is 4. The highest BCUT2D eigenvalue weighted by molar-refractivity contribution is 7.15. The average molecular weight is 514 g/mol. The van der Waals surface area contributed by atoms with Crippen molar-refractivity contribution in [1.29, 1.82) is 0 Å². The summed E-state index contributed by atoms with van der Waals surface area (Å²) >= 11 is 1.43. The molecule has 1 N–H and O–H groups in total. The van der Waals surface area contributed by atoms with E-state index in [0.717, 1.165) is 69.2 Å². The molecule has 36 heavy (non-hydrogen) atoms. The number of piperidine rings is 1. The van der Waals surface area contributed by atoms with Crippen molar-refractivity contribution in [3.8, 4) is 0 Å². The number of likely N-dealkylation sites (tertiary alicyclic amines) is 1. The van der Waals surface area contributed by atoms with E-state index in [0.29, 0.717) is 17.6 Å². The Morgan fingerprint density at radius 1 is 1.08 bits per heavy atom. The quantitative estimate of drug-likeness (QED) is 0.559. The van der Waals surface area contributed by atoms with Gasteiger partial charge in [-0.15, -0.1) is 10.2 Å². The van der Waals surface area contributed by atoms with Crippen LogP contribution in [-0.4, -0.2) is 59.8 Å². The lowest BCUT2D eigenvalue weighted by molar-refractivity contribution is -0.122. The van der Waals surface area contributed by atoms with Crippen molar-refractivity contribution in [2.45, 2.75) is 65.3 Å². The van der Waals surface area contributed by atoms with Crippen LogP contribution in [0.2, 0.25) is 0 Å². The van der Waals surface area contributed by atoms with Gasteiger partial charge < -0.3 is 15.0 Å². The number of benzene rings is 1. The molecule has 1 aromatic heterocycles. The molecule has 3 fully saturated rings. The zero-order chi connectivity index (χ0) is 24.0. The van der Waals surface area contributed by atoms with Gasteiger partial charge in [-0.2, -0.15) is 0 Å². The standard InChI is InChI=1S/C26H35N5O3S.CH4/c32-24-16-21(18-31(24)22-7-4-20(5-8-22)17-30-12-2-1-3-13-30)25(33)27-26-29-28-23(35-26)9-6-19-10-14-34-15-11-19;/h4-5,7-8,19,21H,1-3,6,9-18H2,(H,27,29,33);1H4/t21-;/m0./s1. The molecule has 3 saturated heterocycles. The van der Waals surface area contributed by atoms with Gasteiger partial charge >= 0.3 is 0 Å². The molecule has 0 saturated carbocycles. The second-order valence-corrected chi connectivity index (χ2v) is 11.1. The molecule has 2 aromatic rings. The molecule has 3 aliphatic heterocycles. The maximum atomic E-state index is 12.9. The van der Waals surface area contributed by atoms with Gasteiger partial charge in [0.2, 0.25) is 16.9 Å². The van der Waals surface area contributed by atoms with Crippen molar-refractivity contribution in [3.63, 3.8) is 0 Å². The number of anilines is 2. The van der Waals surface area contributed by atoms with Crippen molar-refractivity contribution in [2.24, 2.45) is 11.8 Å². The molecule has 0 spiro atoms. The summed E-state index contributed by atoms with van der Waals surface area (Å²) in [7, 11) is 0. The van der Waals surface area contributed by atoms with E-state index in [1.807, 2.05) is 12.1 Å². The molecule has 1 atom stereocenters. The number of rotatable bonds is 8. The zero-order valence-electron chi connectivity index (χ0n) is 20.3. The lowest BCUT2D eigenvalue weighted by Gasteiger charge is -2.26. The molecule has 9 heteroatoms. The van der Waals surface area contributed by atoms with Crippen LogP contribution >= 0.6 is 11.3 Å². The van der Waals surface area contributed by atoms with E-state index in [4.69, 9.17) is 4.74 Å². The SMILES string of the molecule is C.O=C(Nc1nnc(CCC2CCOCC2)s1)[C@H]1CC(=O)N(c2ccc(CN3CCCCC3)cc2)C1. The highest BCUT2D eigenvalue weighted by atomic mass is 32.1. The third-order valence-electron chi connectivity index (χ3n) is 7.40. The van der Waals surface area contributed by atoms with Crippen molar-refractivity contribution in [1.82, 2.24) is 15.1 Å². The Labute approximate surface area is 218 Å². The molecule has 0 bridgehead atoms. The summed E-state index contributed by atoms with van der Waals surface area (Å²) in [5, 5.41) is 12.8. The molecule has 5 rings (SSSR count). The largest absolute Gasteiger partial charge is 0.381 e. The van der Waals surface area contributed by atoms with Crippen molar-refractivity contribution < 1.29 is 14.3 Å². The summed E-state index contributed by atoms with van der Waals surface area (Å²) in [6.07, 6.45) is 8.27. The molecule has 196 valence electrons. The van der Waals surface area contributed by atoms with Crippen molar-refractivity contribution >= 4 is 34.0 Å². The summed E-state index contributed by atoms with van der Waals surface area (Å²) in [4.78, 5) is 29.8. The molecule has 4 heterocycles. The Hall–Kier alpha value is -2.36. The Kier molecular flexibility index (Phi) is 9.45. The third kappa shape index (κ3) is 6.89. The predicted octanol–water partition coefficient (Wildman–Crippen LogP) is 4.51. The first-order valence-corrected chi connectivity index (χ1v) is 13.8. The fourth-order valence-electron chi connectivity index (χ4n) is 5.27. The van der Waals surface area contributed by atoms with E-state index >= 15 is 0 Å². The number of ether oxygens (including phenoxy) is 1. The normalized spacial score (nSPS) is 21.4. The van der Waals surface area contributed by atoms with Crippen LogP contribution in [0.15, 0.2) is 24.3 Å². The van der Waals surface area contributed by atoms with Crippen molar-refractivity contribution in [3.05, 3.63) is 34.8 Å². The Bertz CT molecular complexity index is 999. The van der Waals surface area contributed by atoms with E-state index in [1.165, 1.54) is 36.2 Å². The van der Waals surface area contributed by atoms with Gasteiger partial charge in [0.25, 0.3) is 0 Å². The van der Waals surface area contributed by atoms with Gasteiger partial charge in [-0.25, -0.2) is 0 Å². The first kappa shape index (κ1) is 26.7. The number of hydrogen-bond donors (Lipinski definition) is 1. The summed E-state index contributed by atoms with van der Waals surface area (Å²) in [6, 6.07) is 8.22. The van der Waals surface area contributed by atoms with Crippen LogP contribution in [0.25, 0.3) is 0 Å². The molecule has 2 amide bonds. The van der Waals surface area contributed by atoms with E-state index in [-0.39, 0.29) is 31.6 Å². The molecule has 0 aliphatic carbocycles. The molecule has 0 unspecified atom stereocenters. The second-order valence-electron chi connectivity index (χ2n) is 9.99. The minimum atomic E-state index is -0.384. The molecule has 8 nitrogen and oxygen atoms in total. The van der Waals surface area contributed by atoms with Gasteiger partial charge in [-0.1, -0.05) is 37.3 Å². The van der Waals surface area contributed by atoms with Gasteiger partial charge in [0.15, 0.2) is 0 Å². The van der Waals surface area contributed by atoms with Gasteiger partial charge in [-0.05, 0) is 68.8 Å². The van der Waals surface area contributed by atoms with Crippen LogP contribution in [0.4, 0.5) is 10.8 Å². The summed E-state index contributed by atoms with van der Waals surface area (Å²) in [5.74, 6) is 0.128. The fraction of sp³-hybridized carbons (Fsp3) is 0.630. The highest BCUT2D eigenvalue weighted by Gasteiger charge is 2.35. The first-order valence-electron chi connectivity index (χ1n) is 13.0. The molecule has 1 aromatic carbocycles. The maximum Gasteiger partial charge on any atom is 0.231 e. The number of carbonyl (C=O) groups is 2. The van der Waals surface area contributed by atoms with E-state index < -0.39 is 0 Å². The number of carbonyl (C=O) groups excluding carboxylic acids is 2. The van der Waals surface area contributed by atoms with Gasteiger partial charge in [0.1, 0.15) is 5.01 Å². The topological polar surface area (TPSA) is 87.7 Å². The zero-order valence-corrected chi connectivity index (χ0v) is 21.1. The van der Waals surface area contributed by atoms with Crippen LogP contribution in [0, 0.1) is 11.8 Å². The highest BCUT2D eigenvalue weighted by Crippen LogP contribution is 2.28. The number of aryl methyl sites for hydroxylation is 1. The van der Waals surface area contributed by atoms with Crippen LogP contribution < -0.4 is 10.2 Å². The Morgan fingerprint density at radius 2 is 1.83 bits per heavy atom. The molecule has 3 aliphatic rings.